The second-order valence-corrected chi connectivity index (χ2v) is 4.62. The maximum absolute atomic E-state index is 4.32. The summed E-state index contributed by atoms with van der Waals surface area (Å²) in [5.74, 6) is 2.60. The highest BCUT2D eigenvalue weighted by Gasteiger charge is 2.28. The Bertz CT molecular complexity index is 308. The summed E-state index contributed by atoms with van der Waals surface area (Å²) in [5.41, 5.74) is 0. The van der Waals surface area contributed by atoms with E-state index in [2.05, 4.69) is 28.7 Å². The van der Waals surface area contributed by atoms with Gasteiger partial charge in [-0.05, 0) is 24.3 Å². The van der Waals surface area contributed by atoms with E-state index in [1.54, 1.807) is 0 Å². The van der Waals surface area contributed by atoms with Gasteiger partial charge in [-0.1, -0.05) is 26.7 Å². The molecule has 0 saturated carbocycles. The molecule has 1 saturated heterocycles. The molecule has 1 aromatic heterocycles. The minimum atomic E-state index is 0.832. The second-order valence-electron chi connectivity index (χ2n) is 4.62. The molecule has 1 fully saturated rings. The average Bonchev–Trinajstić information content (AvgIpc) is 2.81. The van der Waals surface area contributed by atoms with Crippen LogP contribution in [0.5, 0.6) is 0 Å². The van der Waals surface area contributed by atoms with Crippen molar-refractivity contribution in [2.75, 3.05) is 18.0 Å². The van der Waals surface area contributed by atoms with Gasteiger partial charge in [0.05, 0.1) is 0 Å². The molecule has 1 aliphatic heterocycles. The van der Waals surface area contributed by atoms with Crippen LogP contribution in [0, 0.1) is 11.8 Å². The fourth-order valence-corrected chi connectivity index (χ4v) is 2.76. The van der Waals surface area contributed by atoms with Gasteiger partial charge in [-0.15, -0.1) is 0 Å². The summed E-state index contributed by atoms with van der Waals surface area (Å²) >= 11 is 0. The fourth-order valence-electron chi connectivity index (χ4n) is 2.76. The van der Waals surface area contributed by atoms with Crippen LogP contribution in [0.25, 0.3) is 0 Å². The van der Waals surface area contributed by atoms with Gasteiger partial charge < -0.3 is 4.90 Å². The molecule has 16 heavy (non-hydrogen) atoms. The van der Waals surface area contributed by atoms with Crippen molar-refractivity contribution < 1.29 is 0 Å². The number of hydrogen-bond acceptors (Lipinski definition) is 3. The molecule has 0 amide bonds. The van der Waals surface area contributed by atoms with Gasteiger partial charge in [0.15, 0.2) is 0 Å². The summed E-state index contributed by atoms with van der Waals surface area (Å²) in [7, 11) is 0. The predicted octanol–water partition coefficient (Wildman–Crippen LogP) is 2.74. The minimum absolute atomic E-state index is 0.832. The molecule has 0 aromatic carbocycles. The smallest absolute Gasteiger partial charge is 0.225 e. The Morgan fingerprint density at radius 1 is 1.31 bits per heavy atom. The first-order valence-corrected chi connectivity index (χ1v) is 6.37. The molecule has 0 radical (unpaired) electrons. The van der Waals surface area contributed by atoms with Crippen molar-refractivity contribution in [3.8, 4) is 0 Å². The zero-order valence-corrected chi connectivity index (χ0v) is 10.3. The van der Waals surface area contributed by atoms with E-state index in [1.165, 1.54) is 19.3 Å². The summed E-state index contributed by atoms with van der Waals surface area (Å²) in [6, 6.07) is 1.87. The Hall–Kier alpha value is -1.12. The third kappa shape index (κ3) is 2.34. The molecule has 0 bridgehead atoms. The Labute approximate surface area is 97.9 Å². The van der Waals surface area contributed by atoms with E-state index in [-0.39, 0.29) is 0 Å². The van der Waals surface area contributed by atoms with Gasteiger partial charge in [0.1, 0.15) is 0 Å². The van der Waals surface area contributed by atoms with Gasteiger partial charge in [0.2, 0.25) is 5.95 Å². The first-order chi connectivity index (χ1) is 7.85. The van der Waals surface area contributed by atoms with Crippen LogP contribution in [-0.4, -0.2) is 23.1 Å². The van der Waals surface area contributed by atoms with Gasteiger partial charge in [0, 0.05) is 25.5 Å². The number of rotatable bonds is 4. The monoisotopic (exact) mass is 219 g/mol. The zero-order chi connectivity index (χ0) is 11.4. The van der Waals surface area contributed by atoms with E-state index in [0.29, 0.717) is 0 Å². The van der Waals surface area contributed by atoms with Crippen molar-refractivity contribution in [3.63, 3.8) is 0 Å². The highest BCUT2D eigenvalue weighted by molar-refractivity contribution is 5.30. The largest absolute Gasteiger partial charge is 0.341 e. The van der Waals surface area contributed by atoms with E-state index >= 15 is 0 Å². The van der Waals surface area contributed by atoms with Crippen molar-refractivity contribution in [3.05, 3.63) is 18.5 Å². The molecule has 0 spiro atoms. The van der Waals surface area contributed by atoms with Crippen LogP contribution in [0.1, 0.15) is 33.1 Å². The van der Waals surface area contributed by atoms with E-state index < -0.39 is 0 Å². The molecular weight excluding hydrogens is 198 g/mol. The first kappa shape index (κ1) is 11.4. The highest BCUT2D eigenvalue weighted by atomic mass is 15.3. The van der Waals surface area contributed by atoms with Crippen molar-refractivity contribution in [2.24, 2.45) is 11.8 Å². The Kier molecular flexibility index (Phi) is 3.75. The van der Waals surface area contributed by atoms with Crippen LogP contribution in [-0.2, 0) is 0 Å². The number of hydrogen-bond donors (Lipinski definition) is 0. The van der Waals surface area contributed by atoms with E-state index in [0.717, 1.165) is 30.9 Å². The summed E-state index contributed by atoms with van der Waals surface area (Å²) < 4.78 is 0. The van der Waals surface area contributed by atoms with Crippen LogP contribution in [0.15, 0.2) is 18.5 Å². The van der Waals surface area contributed by atoms with Crippen LogP contribution in [0.3, 0.4) is 0 Å². The summed E-state index contributed by atoms with van der Waals surface area (Å²) in [6.45, 7) is 6.85. The molecule has 1 unspecified atom stereocenters. The Balaban J connectivity index is 1.98. The van der Waals surface area contributed by atoms with Gasteiger partial charge in [-0.2, -0.15) is 0 Å². The maximum atomic E-state index is 4.32. The Morgan fingerprint density at radius 2 is 2.00 bits per heavy atom. The molecule has 3 heteroatoms. The highest BCUT2D eigenvalue weighted by Crippen LogP contribution is 2.29. The molecule has 3 nitrogen and oxygen atoms in total. The Morgan fingerprint density at radius 3 is 2.62 bits per heavy atom. The van der Waals surface area contributed by atoms with Gasteiger partial charge >= 0.3 is 0 Å². The van der Waals surface area contributed by atoms with E-state index in [1.807, 2.05) is 18.5 Å². The molecule has 2 rings (SSSR count). The van der Waals surface area contributed by atoms with Crippen molar-refractivity contribution >= 4 is 5.95 Å². The van der Waals surface area contributed by atoms with Crippen LogP contribution < -0.4 is 4.90 Å². The number of nitrogens with zero attached hydrogens (tertiary/aromatic N) is 3. The molecular formula is C13H21N3. The van der Waals surface area contributed by atoms with Gasteiger partial charge in [0.25, 0.3) is 0 Å². The summed E-state index contributed by atoms with van der Waals surface area (Å²) in [6.07, 6.45) is 7.54. The van der Waals surface area contributed by atoms with Crippen LogP contribution in [0.2, 0.25) is 0 Å². The molecule has 88 valence electrons. The van der Waals surface area contributed by atoms with E-state index in [9.17, 15) is 0 Å². The summed E-state index contributed by atoms with van der Waals surface area (Å²) in [4.78, 5) is 11.0. The lowest BCUT2D eigenvalue weighted by atomic mass is 9.87. The van der Waals surface area contributed by atoms with Crippen molar-refractivity contribution in [1.29, 1.82) is 0 Å². The average molecular weight is 219 g/mol. The molecule has 1 atom stereocenters. The topological polar surface area (TPSA) is 29.0 Å². The van der Waals surface area contributed by atoms with E-state index in [4.69, 9.17) is 0 Å². The molecule has 2 heterocycles. The van der Waals surface area contributed by atoms with Crippen molar-refractivity contribution in [1.82, 2.24) is 9.97 Å². The lowest BCUT2D eigenvalue weighted by Gasteiger charge is -2.21. The predicted molar refractivity (Wildman–Crippen MR) is 66.4 cm³/mol. The third-order valence-electron chi connectivity index (χ3n) is 3.78. The number of aromatic nitrogens is 2. The van der Waals surface area contributed by atoms with Gasteiger partial charge in [-0.25, -0.2) is 9.97 Å². The quantitative estimate of drug-likeness (QED) is 0.779. The molecule has 0 N–H and O–H groups in total. The minimum Gasteiger partial charge on any atom is -0.341 e. The molecule has 1 aromatic rings. The third-order valence-corrected chi connectivity index (χ3v) is 3.78. The number of anilines is 1. The van der Waals surface area contributed by atoms with Gasteiger partial charge in [-0.3, -0.25) is 0 Å². The molecule has 1 aliphatic rings. The van der Waals surface area contributed by atoms with Crippen LogP contribution in [0.4, 0.5) is 5.95 Å². The lowest BCUT2D eigenvalue weighted by molar-refractivity contribution is 0.338. The lowest BCUT2D eigenvalue weighted by Crippen LogP contribution is -2.24. The van der Waals surface area contributed by atoms with Crippen molar-refractivity contribution in [2.45, 2.75) is 33.1 Å². The summed E-state index contributed by atoms with van der Waals surface area (Å²) in [5, 5.41) is 0. The molecule has 0 aliphatic carbocycles. The zero-order valence-electron chi connectivity index (χ0n) is 10.3. The normalized spacial score (nSPS) is 20.7. The fraction of sp³-hybridized carbons (Fsp3) is 0.692. The standard InChI is InChI=1S/C13H21N3/c1-3-11(4-2)12-6-9-16(10-12)13-14-7-5-8-15-13/h5,7-8,11-12H,3-4,6,9-10H2,1-2H3. The SMILES string of the molecule is CCC(CC)C1CCN(c2ncccn2)C1. The first-order valence-electron chi connectivity index (χ1n) is 6.37. The second kappa shape index (κ2) is 5.28. The maximum Gasteiger partial charge on any atom is 0.225 e. The van der Waals surface area contributed by atoms with Crippen LogP contribution >= 0.6 is 0 Å².